The number of halogens is 3. The van der Waals surface area contributed by atoms with E-state index in [0.717, 1.165) is 5.56 Å². The molecule has 0 spiro atoms. The predicted octanol–water partition coefficient (Wildman–Crippen LogP) is 4.27. The maximum Gasteiger partial charge on any atom is 0.389 e. The summed E-state index contributed by atoms with van der Waals surface area (Å²) in [6.45, 7) is 2.03. The zero-order valence-corrected chi connectivity index (χ0v) is 20.0. The fourth-order valence-electron chi connectivity index (χ4n) is 3.72. The van der Waals surface area contributed by atoms with Crippen LogP contribution in [0, 0.1) is 5.92 Å². The van der Waals surface area contributed by atoms with Crippen LogP contribution in [0.2, 0.25) is 0 Å². The summed E-state index contributed by atoms with van der Waals surface area (Å²) in [5.41, 5.74) is 1.66. The molecule has 11 heteroatoms. The van der Waals surface area contributed by atoms with Gasteiger partial charge in [-0.25, -0.2) is 4.98 Å². The first-order valence-electron chi connectivity index (χ1n) is 11.0. The van der Waals surface area contributed by atoms with E-state index in [1.807, 2.05) is 29.2 Å². The van der Waals surface area contributed by atoms with Gasteiger partial charge in [0, 0.05) is 50.6 Å². The van der Waals surface area contributed by atoms with E-state index in [1.54, 1.807) is 13.4 Å². The van der Waals surface area contributed by atoms with Crippen LogP contribution in [0.1, 0.15) is 25.0 Å². The fraction of sp³-hybridized carbons (Fsp3) is 0.522. The van der Waals surface area contributed by atoms with Crippen molar-refractivity contribution in [3.63, 3.8) is 0 Å². The largest absolute Gasteiger partial charge is 0.491 e. The first kappa shape index (κ1) is 26.1. The molecule has 0 unspecified atom stereocenters. The van der Waals surface area contributed by atoms with Gasteiger partial charge in [0.1, 0.15) is 18.1 Å². The second-order valence-electron chi connectivity index (χ2n) is 7.95. The van der Waals surface area contributed by atoms with Crippen LogP contribution < -0.4 is 14.4 Å². The molecule has 2 heterocycles. The Hall–Kier alpha value is -2.53. The number of aryl methyl sites for hydroxylation is 1. The molecule has 34 heavy (non-hydrogen) atoms. The topological polar surface area (TPSA) is 76.6 Å². The number of aromatic nitrogens is 2. The second kappa shape index (κ2) is 12.3. The van der Waals surface area contributed by atoms with Crippen LogP contribution in [-0.4, -0.2) is 61.7 Å². The number of amides is 1. The lowest BCUT2D eigenvalue weighted by Crippen LogP contribution is -2.39. The van der Waals surface area contributed by atoms with Crippen LogP contribution in [0.3, 0.4) is 0 Å². The van der Waals surface area contributed by atoms with Gasteiger partial charge in [0.2, 0.25) is 5.91 Å². The summed E-state index contributed by atoms with van der Waals surface area (Å²) in [7, 11) is 1.60. The van der Waals surface area contributed by atoms with Crippen molar-refractivity contribution in [2.24, 2.45) is 5.92 Å². The number of alkyl halides is 3. The van der Waals surface area contributed by atoms with Gasteiger partial charge < -0.3 is 19.1 Å². The Bertz CT molecular complexity index is 936. The average Bonchev–Trinajstić information content (AvgIpc) is 2.83. The van der Waals surface area contributed by atoms with Gasteiger partial charge >= 0.3 is 6.18 Å². The zero-order valence-electron chi connectivity index (χ0n) is 19.2. The van der Waals surface area contributed by atoms with Gasteiger partial charge in [-0.3, -0.25) is 9.78 Å². The van der Waals surface area contributed by atoms with Crippen molar-refractivity contribution in [1.29, 1.82) is 0 Å². The van der Waals surface area contributed by atoms with E-state index in [2.05, 4.69) is 14.7 Å². The van der Waals surface area contributed by atoms with E-state index in [1.165, 1.54) is 18.1 Å². The molecule has 2 aromatic rings. The number of rotatable bonds is 10. The molecule has 7 nitrogen and oxygen atoms in total. The first-order chi connectivity index (χ1) is 16.3. The quantitative estimate of drug-likeness (QED) is 0.387. The lowest BCUT2D eigenvalue weighted by Gasteiger charge is -2.33. The lowest BCUT2D eigenvalue weighted by molar-refractivity contribution is -0.134. The van der Waals surface area contributed by atoms with E-state index in [9.17, 15) is 18.0 Å². The Morgan fingerprint density at radius 3 is 2.53 bits per heavy atom. The molecular weight excluding hydrogens is 469 g/mol. The number of carbonyl (C=O) groups excluding carboxylic acids is 1. The summed E-state index contributed by atoms with van der Waals surface area (Å²) >= 11 is 1.27. The highest BCUT2D eigenvalue weighted by atomic mass is 32.2. The molecule has 1 aliphatic rings. The van der Waals surface area contributed by atoms with Crippen LogP contribution in [0.25, 0.3) is 11.3 Å². The Balaban J connectivity index is 1.82. The van der Waals surface area contributed by atoms with Gasteiger partial charge in [-0.15, -0.1) is 0 Å². The SMILES string of the molecule is COCCOc1ccc(-c2ncc(CCC(F)(F)F)nc2N2CCC(C(=O)NSC)CC2)cc1. The summed E-state index contributed by atoms with van der Waals surface area (Å²) in [5, 5.41) is 0. The van der Waals surface area contributed by atoms with Crippen molar-refractivity contribution in [2.75, 3.05) is 44.6 Å². The van der Waals surface area contributed by atoms with Crippen LogP contribution in [0.15, 0.2) is 30.5 Å². The molecular formula is C23H29F3N4O3S. The van der Waals surface area contributed by atoms with Crippen molar-refractivity contribution in [1.82, 2.24) is 14.7 Å². The smallest absolute Gasteiger partial charge is 0.389 e. The Kier molecular flexibility index (Phi) is 9.40. The van der Waals surface area contributed by atoms with Crippen molar-refractivity contribution in [3.8, 4) is 17.0 Å². The zero-order chi connectivity index (χ0) is 24.6. The molecule has 3 rings (SSSR count). The molecule has 1 aromatic heterocycles. The molecule has 0 saturated carbocycles. The van der Waals surface area contributed by atoms with E-state index in [0.29, 0.717) is 56.4 Å². The monoisotopic (exact) mass is 498 g/mol. The number of hydrogen-bond donors (Lipinski definition) is 1. The summed E-state index contributed by atoms with van der Waals surface area (Å²) in [5.74, 6) is 1.12. The number of anilines is 1. The summed E-state index contributed by atoms with van der Waals surface area (Å²) in [6.07, 6.45) is -0.976. The van der Waals surface area contributed by atoms with Gasteiger partial charge in [0.05, 0.1) is 12.3 Å². The van der Waals surface area contributed by atoms with Crippen molar-refractivity contribution >= 4 is 23.7 Å². The number of ether oxygens (including phenoxy) is 2. The van der Waals surface area contributed by atoms with Gasteiger partial charge in [-0.05, 0) is 43.5 Å². The number of nitrogens with zero attached hydrogens (tertiary/aromatic N) is 3. The molecule has 0 radical (unpaired) electrons. The standard InChI is InChI=1S/C23H29F3N4O3S/c1-32-13-14-33-19-5-3-16(4-6-19)20-21(28-18(15-27-20)7-10-23(24,25)26)30-11-8-17(9-12-30)22(31)29-34-2/h3-6,15,17H,7-14H2,1-2H3,(H,29,31). The molecule has 1 fully saturated rings. The minimum atomic E-state index is -4.26. The molecule has 186 valence electrons. The molecule has 0 bridgehead atoms. The highest BCUT2D eigenvalue weighted by Gasteiger charge is 2.29. The van der Waals surface area contributed by atoms with Crippen LogP contribution >= 0.6 is 11.9 Å². The van der Waals surface area contributed by atoms with Gasteiger partial charge in [-0.1, -0.05) is 11.9 Å². The molecule has 0 aliphatic carbocycles. The normalized spacial score (nSPS) is 14.8. The number of piperidine rings is 1. The second-order valence-corrected chi connectivity index (χ2v) is 8.56. The van der Waals surface area contributed by atoms with Gasteiger partial charge in [-0.2, -0.15) is 13.2 Å². The summed E-state index contributed by atoms with van der Waals surface area (Å²) in [4.78, 5) is 23.3. The predicted molar refractivity (Wildman–Crippen MR) is 126 cm³/mol. The number of hydrogen-bond acceptors (Lipinski definition) is 7. The van der Waals surface area contributed by atoms with Crippen LogP contribution in [-0.2, 0) is 16.0 Å². The number of methoxy groups -OCH3 is 1. The van der Waals surface area contributed by atoms with E-state index in [4.69, 9.17) is 9.47 Å². The van der Waals surface area contributed by atoms with Gasteiger partial charge in [0.15, 0.2) is 5.82 Å². The van der Waals surface area contributed by atoms with Crippen molar-refractivity contribution in [3.05, 3.63) is 36.2 Å². The first-order valence-corrected chi connectivity index (χ1v) is 12.3. The minimum Gasteiger partial charge on any atom is -0.491 e. The third kappa shape index (κ3) is 7.49. The maximum atomic E-state index is 12.8. The van der Waals surface area contributed by atoms with E-state index in [-0.39, 0.29) is 23.9 Å². The molecule has 1 saturated heterocycles. The van der Waals surface area contributed by atoms with Crippen LogP contribution in [0.4, 0.5) is 19.0 Å². The summed E-state index contributed by atoms with van der Waals surface area (Å²) in [6, 6.07) is 7.33. The van der Waals surface area contributed by atoms with Crippen molar-refractivity contribution < 1.29 is 27.4 Å². The van der Waals surface area contributed by atoms with Crippen LogP contribution in [0.5, 0.6) is 5.75 Å². The molecule has 1 aliphatic heterocycles. The molecule has 0 atom stereocenters. The molecule has 1 N–H and O–H groups in total. The third-order valence-electron chi connectivity index (χ3n) is 5.52. The Morgan fingerprint density at radius 2 is 1.91 bits per heavy atom. The Labute approximate surface area is 201 Å². The summed E-state index contributed by atoms with van der Waals surface area (Å²) < 4.78 is 51.6. The third-order valence-corrected chi connectivity index (χ3v) is 5.93. The maximum absolute atomic E-state index is 12.8. The van der Waals surface area contributed by atoms with E-state index >= 15 is 0 Å². The van der Waals surface area contributed by atoms with Gasteiger partial charge in [0.25, 0.3) is 0 Å². The number of benzene rings is 1. The highest BCUT2D eigenvalue weighted by molar-refractivity contribution is 7.97. The lowest BCUT2D eigenvalue weighted by atomic mass is 9.96. The fourth-order valence-corrected chi connectivity index (χ4v) is 4.09. The number of carbonyl (C=O) groups is 1. The van der Waals surface area contributed by atoms with Crippen molar-refractivity contribution in [2.45, 2.75) is 31.9 Å². The minimum absolute atomic E-state index is 0.00134. The average molecular weight is 499 g/mol. The van der Waals surface area contributed by atoms with E-state index < -0.39 is 12.6 Å². The molecule has 1 amide bonds. The number of nitrogens with one attached hydrogen (secondary N) is 1. The molecule has 1 aromatic carbocycles. The Morgan fingerprint density at radius 1 is 1.21 bits per heavy atom. The highest BCUT2D eigenvalue weighted by Crippen LogP contribution is 2.32.